The third-order valence-corrected chi connectivity index (χ3v) is 5.49. The van der Waals surface area contributed by atoms with Gasteiger partial charge in [0.25, 0.3) is 0 Å². The van der Waals surface area contributed by atoms with E-state index in [0.717, 1.165) is 22.7 Å². The number of benzene rings is 1. The molecular formula is C20H28N4. The molecule has 1 heterocycles. The normalized spacial score (nSPS) is 20.2. The number of hydrogen-bond donors (Lipinski definition) is 2. The molecule has 2 fully saturated rings. The number of hydrogen-bond acceptors (Lipinski definition) is 4. The topological polar surface area (TPSA) is 49.8 Å². The van der Waals surface area contributed by atoms with Gasteiger partial charge in [0, 0.05) is 17.5 Å². The van der Waals surface area contributed by atoms with Gasteiger partial charge in [-0.05, 0) is 37.8 Å². The molecule has 24 heavy (non-hydrogen) atoms. The lowest BCUT2D eigenvalue weighted by Gasteiger charge is -2.25. The molecule has 0 spiro atoms. The van der Waals surface area contributed by atoms with Gasteiger partial charge in [-0.1, -0.05) is 50.7 Å². The van der Waals surface area contributed by atoms with Crippen LogP contribution in [0.3, 0.4) is 0 Å². The molecular weight excluding hydrogens is 296 g/mol. The van der Waals surface area contributed by atoms with Gasteiger partial charge in [0.2, 0.25) is 5.95 Å². The summed E-state index contributed by atoms with van der Waals surface area (Å²) in [5, 5.41) is 8.44. The Kier molecular flexibility index (Phi) is 4.81. The third kappa shape index (κ3) is 3.63. The number of nitrogens with zero attached hydrogens (tertiary/aromatic N) is 2. The second-order valence-electron chi connectivity index (χ2n) is 7.37. The third-order valence-electron chi connectivity index (χ3n) is 5.49. The molecule has 0 radical (unpaired) electrons. The molecule has 0 unspecified atom stereocenters. The van der Waals surface area contributed by atoms with Crippen molar-refractivity contribution in [3.63, 3.8) is 0 Å². The SMILES string of the molecule is c1ccc2c(NC3CCCCC3)nc(NC3CCCCC3)nc2c1. The van der Waals surface area contributed by atoms with Crippen molar-refractivity contribution in [2.75, 3.05) is 10.6 Å². The molecule has 0 atom stereocenters. The van der Waals surface area contributed by atoms with Crippen LogP contribution in [0, 0.1) is 0 Å². The van der Waals surface area contributed by atoms with Crippen molar-refractivity contribution in [3.05, 3.63) is 24.3 Å². The first-order chi connectivity index (χ1) is 11.9. The first-order valence-electron chi connectivity index (χ1n) is 9.68. The summed E-state index contributed by atoms with van der Waals surface area (Å²) in [6.45, 7) is 0. The zero-order chi connectivity index (χ0) is 16.2. The zero-order valence-corrected chi connectivity index (χ0v) is 14.4. The molecule has 0 aliphatic heterocycles. The summed E-state index contributed by atoms with van der Waals surface area (Å²) in [5.74, 6) is 1.80. The standard InChI is InChI=1S/C20H28N4/c1-3-9-15(10-4-1)21-19-17-13-7-8-14-18(17)23-20(24-19)22-16-11-5-2-6-12-16/h7-8,13-16H,1-6,9-12H2,(H2,21,22,23,24). The minimum atomic E-state index is 0.530. The van der Waals surface area contributed by atoms with Crippen molar-refractivity contribution in [3.8, 4) is 0 Å². The number of aromatic nitrogens is 2. The lowest BCUT2D eigenvalue weighted by atomic mass is 9.95. The zero-order valence-electron chi connectivity index (χ0n) is 14.4. The average molecular weight is 324 g/mol. The Balaban J connectivity index is 1.60. The monoisotopic (exact) mass is 324 g/mol. The lowest BCUT2D eigenvalue weighted by Crippen LogP contribution is -2.25. The van der Waals surface area contributed by atoms with Crippen molar-refractivity contribution in [1.82, 2.24) is 9.97 Å². The van der Waals surface area contributed by atoms with Gasteiger partial charge < -0.3 is 10.6 Å². The van der Waals surface area contributed by atoms with E-state index in [1.165, 1.54) is 64.2 Å². The molecule has 1 aromatic heterocycles. The van der Waals surface area contributed by atoms with Gasteiger partial charge in [0.1, 0.15) is 5.82 Å². The number of anilines is 2. The minimum absolute atomic E-state index is 0.530. The van der Waals surface area contributed by atoms with Crippen LogP contribution in [0.5, 0.6) is 0 Å². The van der Waals surface area contributed by atoms with E-state index >= 15 is 0 Å². The van der Waals surface area contributed by atoms with Gasteiger partial charge in [-0.3, -0.25) is 0 Å². The van der Waals surface area contributed by atoms with Gasteiger partial charge in [-0.2, -0.15) is 4.98 Å². The molecule has 4 nitrogen and oxygen atoms in total. The highest BCUT2D eigenvalue weighted by atomic mass is 15.2. The maximum Gasteiger partial charge on any atom is 0.225 e. The van der Waals surface area contributed by atoms with Crippen LogP contribution in [-0.2, 0) is 0 Å². The maximum atomic E-state index is 4.86. The molecule has 0 saturated heterocycles. The van der Waals surface area contributed by atoms with Crippen LogP contribution >= 0.6 is 0 Å². The van der Waals surface area contributed by atoms with Gasteiger partial charge in [-0.25, -0.2) is 4.98 Å². The van der Waals surface area contributed by atoms with E-state index < -0.39 is 0 Å². The van der Waals surface area contributed by atoms with Gasteiger partial charge >= 0.3 is 0 Å². The van der Waals surface area contributed by atoms with Crippen LogP contribution in [0.4, 0.5) is 11.8 Å². The van der Waals surface area contributed by atoms with Crippen LogP contribution < -0.4 is 10.6 Å². The smallest absolute Gasteiger partial charge is 0.225 e. The van der Waals surface area contributed by atoms with E-state index in [2.05, 4.69) is 34.9 Å². The van der Waals surface area contributed by atoms with Crippen LogP contribution in [0.1, 0.15) is 64.2 Å². The van der Waals surface area contributed by atoms with E-state index in [1.807, 2.05) is 0 Å². The molecule has 2 aromatic rings. The molecule has 0 amide bonds. The Morgan fingerprint density at radius 2 is 1.33 bits per heavy atom. The summed E-state index contributed by atoms with van der Waals surface area (Å²) in [4.78, 5) is 9.62. The van der Waals surface area contributed by atoms with Gasteiger partial charge in [-0.15, -0.1) is 0 Å². The Morgan fingerprint density at radius 1 is 0.708 bits per heavy atom. The fourth-order valence-electron chi connectivity index (χ4n) is 4.12. The number of nitrogens with one attached hydrogen (secondary N) is 2. The van der Waals surface area contributed by atoms with Crippen molar-refractivity contribution in [1.29, 1.82) is 0 Å². The minimum Gasteiger partial charge on any atom is -0.367 e. The Bertz CT molecular complexity index is 672. The molecule has 4 rings (SSSR count). The highest BCUT2D eigenvalue weighted by Crippen LogP contribution is 2.27. The molecule has 2 aliphatic rings. The van der Waals surface area contributed by atoms with Crippen LogP contribution in [0.15, 0.2) is 24.3 Å². The van der Waals surface area contributed by atoms with E-state index in [4.69, 9.17) is 9.97 Å². The second kappa shape index (κ2) is 7.37. The molecule has 4 heteroatoms. The van der Waals surface area contributed by atoms with Crippen molar-refractivity contribution < 1.29 is 0 Å². The fraction of sp³-hybridized carbons (Fsp3) is 0.600. The first kappa shape index (κ1) is 15.7. The molecule has 2 aliphatic carbocycles. The van der Waals surface area contributed by atoms with Crippen molar-refractivity contribution in [2.45, 2.75) is 76.3 Å². The largest absolute Gasteiger partial charge is 0.367 e. The van der Waals surface area contributed by atoms with E-state index in [0.29, 0.717) is 12.1 Å². The van der Waals surface area contributed by atoms with Crippen LogP contribution in [0.2, 0.25) is 0 Å². The number of rotatable bonds is 4. The summed E-state index contributed by atoms with van der Waals surface area (Å²) in [6.07, 6.45) is 13.0. The highest BCUT2D eigenvalue weighted by Gasteiger charge is 2.18. The van der Waals surface area contributed by atoms with Crippen molar-refractivity contribution >= 4 is 22.7 Å². The summed E-state index contributed by atoms with van der Waals surface area (Å²) in [7, 11) is 0. The Morgan fingerprint density at radius 3 is 2.04 bits per heavy atom. The van der Waals surface area contributed by atoms with Gasteiger partial charge in [0.05, 0.1) is 5.52 Å². The number of fused-ring (bicyclic) bond motifs is 1. The number of para-hydroxylation sites is 1. The molecule has 2 N–H and O–H groups in total. The molecule has 128 valence electrons. The highest BCUT2D eigenvalue weighted by molar-refractivity contribution is 5.90. The van der Waals surface area contributed by atoms with E-state index in [1.54, 1.807) is 0 Å². The molecule has 2 saturated carbocycles. The second-order valence-corrected chi connectivity index (χ2v) is 7.37. The maximum absolute atomic E-state index is 4.86. The summed E-state index contributed by atoms with van der Waals surface area (Å²) in [6, 6.07) is 9.44. The van der Waals surface area contributed by atoms with E-state index in [9.17, 15) is 0 Å². The average Bonchev–Trinajstić information content (AvgIpc) is 2.63. The van der Waals surface area contributed by atoms with E-state index in [-0.39, 0.29) is 0 Å². The quantitative estimate of drug-likeness (QED) is 0.819. The fourth-order valence-corrected chi connectivity index (χ4v) is 4.12. The Labute approximate surface area is 144 Å². The molecule has 0 bridgehead atoms. The Hall–Kier alpha value is -1.84. The van der Waals surface area contributed by atoms with Crippen LogP contribution in [-0.4, -0.2) is 22.1 Å². The lowest BCUT2D eigenvalue weighted by molar-refractivity contribution is 0.459. The molecule has 1 aromatic carbocycles. The summed E-state index contributed by atoms with van der Waals surface area (Å²) in [5.41, 5.74) is 1.03. The predicted octanol–water partition coefficient (Wildman–Crippen LogP) is 5.12. The first-order valence-corrected chi connectivity index (χ1v) is 9.68. The predicted molar refractivity (Wildman–Crippen MR) is 101 cm³/mol. The van der Waals surface area contributed by atoms with Crippen molar-refractivity contribution in [2.24, 2.45) is 0 Å². The van der Waals surface area contributed by atoms with Gasteiger partial charge in [0.15, 0.2) is 0 Å². The van der Waals surface area contributed by atoms with Crippen LogP contribution in [0.25, 0.3) is 10.9 Å². The summed E-state index contributed by atoms with van der Waals surface area (Å²) >= 11 is 0. The summed E-state index contributed by atoms with van der Waals surface area (Å²) < 4.78 is 0.